The molecule has 0 fully saturated rings. The first-order valence-corrected chi connectivity index (χ1v) is 10.7. The summed E-state index contributed by atoms with van der Waals surface area (Å²) < 4.78 is 11.2. The third-order valence-electron chi connectivity index (χ3n) is 3.70. The van der Waals surface area contributed by atoms with E-state index in [0.29, 0.717) is 27.2 Å². The van der Waals surface area contributed by atoms with Crippen molar-refractivity contribution in [3.05, 3.63) is 51.8 Å². The Bertz CT molecular complexity index is 978. The lowest BCUT2D eigenvalue weighted by molar-refractivity contribution is -0.113. The lowest BCUT2D eigenvalue weighted by Crippen LogP contribution is -2.14. The number of aromatic nitrogens is 1. The molecule has 146 valence electrons. The van der Waals surface area contributed by atoms with Gasteiger partial charge in [0.15, 0.2) is 4.34 Å². The van der Waals surface area contributed by atoms with Crippen LogP contribution in [0.3, 0.4) is 0 Å². The molecule has 0 unspecified atom stereocenters. The molecule has 0 saturated carbocycles. The number of methoxy groups -OCH3 is 2. The Balaban J connectivity index is 1.62. The monoisotopic (exact) mass is 454 g/mol. The van der Waals surface area contributed by atoms with Crippen LogP contribution in [0.25, 0.3) is 11.3 Å². The molecular weight excluding hydrogens is 439 g/mol. The van der Waals surface area contributed by atoms with E-state index < -0.39 is 0 Å². The molecule has 0 spiro atoms. The fourth-order valence-electron chi connectivity index (χ4n) is 2.35. The summed E-state index contributed by atoms with van der Waals surface area (Å²) in [4.78, 5) is 16.9. The van der Waals surface area contributed by atoms with Crippen LogP contribution in [0.2, 0.25) is 10.0 Å². The Morgan fingerprint density at radius 2 is 1.86 bits per heavy atom. The zero-order valence-electron chi connectivity index (χ0n) is 15.0. The second kappa shape index (κ2) is 9.52. The maximum Gasteiger partial charge on any atom is 0.234 e. The fraction of sp³-hybridized carbons (Fsp3) is 0.158. The maximum absolute atomic E-state index is 12.3. The van der Waals surface area contributed by atoms with Crippen LogP contribution >= 0.6 is 46.3 Å². The van der Waals surface area contributed by atoms with Crippen LogP contribution in [0.4, 0.5) is 5.69 Å². The van der Waals surface area contributed by atoms with Gasteiger partial charge in [0.25, 0.3) is 0 Å². The summed E-state index contributed by atoms with van der Waals surface area (Å²) in [6.07, 6.45) is 0. The van der Waals surface area contributed by atoms with Gasteiger partial charge in [-0.05, 0) is 18.2 Å². The molecule has 28 heavy (non-hydrogen) atoms. The molecule has 5 nitrogen and oxygen atoms in total. The molecule has 0 aliphatic heterocycles. The van der Waals surface area contributed by atoms with Crippen LogP contribution < -0.4 is 14.8 Å². The standard InChI is InChI=1S/C19H16Cl2N2O3S2/c1-25-16-8-17(26-2)14(7-13(16)21)22-18(24)10-28-19-23-15(9-27-19)11-3-5-12(20)6-4-11/h3-9H,10H2,1-2H3,(H,22,24). The highest BCUT2D eigenvalue weighted by atomic mass is 35.5. The maximum atomic E-state index is 12.3. The van der Waals surface area contributed by atoms with Crippen molar-refractivity contribution in [1.29, 1.82) is 0 Å². The number of hydrogen-bond donors (Lipinski definition) is 1. The van der Waals surface area contributed by atoms with E-state index in [2.05, 4.69) is 10.3 Å². The van der Waals surface area contributed by atoms with Crippen LogP contribution in [0, 0.1) is 0 Å². The largest absolute Gasteiger partial charge is 0.495 e. The summed E-state index contributed by atoms with van der Waals surface area (Å²) >= 11 is 14.9. The topological polar surface area (TPSA) is 60.5 Å². The highest BCUT2D eigenvalue weighted by molar-refractivity contribution is 8.01. The van der Waals surface area contributed by atoms with Gasteiger partial charge >= 0.3 is 0 Å². The zero-order chi connectivity index (χ0) is 20.1. The number of amides is 1. The van der Waals surface area contributed by atoms with Gasteiger partial charge in [0.05, 0.1) is 36.4 Å². The second-order valence-corrected chi connectivity index (χ2v) is 8.45. The van der Waals surface area contributed by atoms with Gasteiger partial charge in [0.2, 0.25) is 5.91 Å². The molecule has 0 bridgehead atoms. The summed E-state index contributed by atoms with van der Waals surface area (Å²) in [7, 11) is 3.03. The van der Waals surface area contributed by atoms with Crippen LogP contribution in [0.5, 0.6) is 11.5 Å². The fourth-order valence-corrected chi connectivity index (χ4v) is 4.35. The molecule has 0 radical (unpaired) electrons. The molecule has 0 aliphatic rings. The summed E-state index contributed by atoms with van der Waals surface area (Å²) in [5.41, 5.74) is 2.32. The predicted octanol–water partition coefficient (Wildman–Crippen LogP) is 5.86. The van der Waals surface area contributed by atoms with Crippen molar-refractivity contribution in [2.45, 2.75) is 4.34 Å². The van der Waals surface area contributed by atoms with Crippen molar-refractivity contribution >= 4 is 57.9 Å². The predicted molar refractivity (Wildman–Crippen MR) is 116 cm³/mol. The molecule has 1 aromatic heterocycles. The SMILES string of the molecule is COc1cc(OC)c(NC(=O)CSc2nc(-c3ccc(Cl)cc3)cs2)cc1Cl. The number of halogens is 2. The van der Waals surface area contributed by atoms with Crippen molar-refractivity contribution in [2.24, 2.45) is 0 Å². The van der Waals surface area contributed by atoms with Crippen molar-refractivity contribution in [2.75, 3.05) is 25.3 Å². The summed E-state index contributed by atoms with van der Waals surface area (Å²) in [5.74, 6) is 0.968. The Morgan fingerprint density at radius 1 is 1.14 bits per heavy atom. The average Bonchev–Trinajstić information content (AvgIpc) is 3.16. The van der Waals surface area contributed by atoms with E-state index in [1.54, 1.807) is 12.1 Å². The summed E-state index contributed by atoms with van der Waals surface area (Å²) in [5, 5.41) is 5.83. The van der Waals surface area contributed by atoms with Gasteiger partial charge in [0, 0.05) is 22.0 Å². The number of rotatable bonds is 7. The number of hydrogen-bond acceptors (Lipinski definition) is 6. The van der Waals surface area contributed by atoms with E-state index in [0.717, 1.165) is 15.6 Å². The smallest absolute Gasteiger partial charge is 0.234 e. The van der Waals surface area contributed by atoms with Crippen LogP contribution in [-0.2, 0) is 4.79 Å². The Morgan fingerprint density at radius 3 is 2.54 bits per heavy atom. The molecular formula is C19H16Cl2N2O3S2. The van der Waals surface area contributed by atoms with Crippen molar-refractivity contribution in [3.8, 4) is 22.8 Å². The molecule has 3 aromatic rings. The number of benzene rings is 2. The molecule has 2 aromatic carbocycles. The van der Waals surface area contributed by atoms with Gasteiger partial charge in [-0.1, -0.05) is 47.1 Å². The quantitative estimate of drug-likeness (QED) is 0.452. The lowest BCUT2D eigenvalue weighted by atomic mass is 10.2. The molecule has 1 amide bonds. The number of ether oxygens (including phenoxy) is 2. The number of carbonyl (C=O) groups is 1. The lowest BCUT2D eigenvalue weighted by Gasteiger charge is -2.12. The highest BCUT2D eigenvalue weighted by Crippen LogP contribution is 2.36. The van der Waals surface area contributed by atoms with Crippen LogP contribution in [0.15, 0.2) is 46.1 Å². The zero-order valence-corrected chi connectivity index (χ0v) is 18.1. The summed E-state index contributed by atoms with van der Waals surface area (Å²) in [6.45, 7) is 0. The number of nitrogens with one attached hydrogen (secondary N) is 1. The molecule has 0 aliphatic carbocycles. The molecule has 1 heterocycles. The van der Waals surface area contributed by atoms with Crippen molar-refractivity contribution in [3.63, 3.8) is 0 Å². The molecule has 1 N–H and O–H groups in total. The van der Waals surface area contributed by atoms with E-state index in [1.165, 1.54) is 37.3 Å². The molecule has 3 rings (SSSR count). The summed E-state index contributed by atoms with van der Waals surface area (Å²) in [6, 6.07) is 10.7. The van der Waals surface area contributed by atoms with Crippen molar-refractivity contribution in [1.82, 2.24) is 4.98 Å². The number of thiazole rings is 1. The number of anilines is 1. The number of thioether (sulfide) groups is 1. The van der Waals surface area contributed by atoms with Crippen LogP contribution in [0.1, 0.15) is 0 Å². The Kier molecular flexibility index (Phi) is 7.07. The molecule has 0 atom stereocenters. The van der Waals surface area contributed by atoms with Crippen molar-refractivity contribution < 1.29 is 14.3 Å². The van der Waals surface area contributed by atoms with Gasteiger partial charge in [-0.2, -0.15) is 0 Å². The van der Waals surface area contributed by atoms with Gasteiger partial charge in [-0.15, -0.1) is 11.3 Å². The average molecular weight is 455 g/mol. The van der Waals surface area contributed by atoms with Crippen LogP contribution in [-0.4, -0.2) is 30.9 Å². The molecule has 0 saturated heterocycles. The number of carbonyl (C=O) groups excluding carboxylic acids is 1. The van der Waals surface area contributed by atoms with E-state index in [-0.39, 0.29) is 11.7 Å². The van der Waals surface area contributed by atoms with Gasteiger partial charge in [-0.3, -0.25) is 4.79 Å². The van der Waals surface area contributed by atoms with E-state index >= 15 is 0 Å². The Labute approximate surface area is 181 Å². The first-order valence-electron chi connectivity index (χ1n) is 8.05. The van der Waals surface area contributed by atoms with E-state index in [1.807, 2.05) is 29.6 Å². The Hall–Kier alpha value is -1.93. The molecule has 9 heteroatoms. The minimum absolute atomic E-state index is 0.187. The van der Waals surface area contributed by atoms with Gasteiger partial charge < -0.3 is 14.8 Å². The van der Waals surface area contributed by atoms with Gasteiger partial charge in [-0.25, -0.2) is 4.98 Å². The second-order valence-electron chi connectivity index (χ2n) is 5.53. The normalized spacial score (nSPS) is 10.6. The third-order valence-corrected chi connectivity index (χ3v) is 6.27. The third kappa shape index (κ3) is 5.11. The minimum Gasteiger partial charge on any atom is -0.495 e. The van der Waals surface area contributed by atoms with E-state index in [4.69, 9.17) is 32.7 Å². The first kappa shape index (κ1) is 20.8. The minimum atomic E-state index is -0.187. The van der Waals surface area contributed by atoms with E-state index in [9.17, 15) is 4.79 Å². The number of nitrogens with zero attached hydrogens (tertiary/aromatic N) is 1. The van der Waals surface area contributed by atoms with Gasteiger partial charge in [0.1, 0.15) is 11.5 Å². The highest BCUT2D eigenvalue weighted by Gasteiger charge is 2.14. The first-order chi connectivity index (χ1) is 13.5.